The summed E-state index contributed by atoms with van der Waals surface area (Å²) in [6.45, 7) is 0. The molecule has 1 aliphatic rings. The van der Waals surface area contributed by atoms with Gasteiger partial charge in [-0.2, -0.15) is 0 Å². The second-order valence-corrected chi connectivity index (χ2v) is 3.71. The zero-order valence-electron chi connectivity index (χ0n) is 5.84. The Morgan fingerprint density at radius 3 is 2.92 bits per heavy atom. The topological polar surface area (TPSA) is 29.4 Å². The molecule has 4 heteroatoms. The van der Waals surface area contributed by atoms with Crippen molar-refractivity contribution in [3.8, 4) is 0 Å². The second kappa shape index (κ2) is 2.68. The molecule has 1 heterocycles. The lowest BCUT2D eigenvalue weighted by Crippen LogP contribution is -2.22. The van der Waals surface area contributed by atoms with Gasteiger partial charge in [0, 0.05) is 20.8 Å². The van der Waals surface area contributed by atoms with Gasteiger partial charge in [0.1, 0.15) is 0 Å². The maximum Gasteiger partial charge on any atom is 0.270 e. The van der Waals surface area contributed by atoms with Crippen LogP contribution in [0.5, 0.6) is 0 Å². The molecule has 0 unspecified atom stereocenters. The molecule has 0 spiro atoms. The van der Waals surface area contributed by atoms with Gasteiger partial charge in [-0.05, 0) is 28.1 Å². The highest BCUT2D eigenvalue weighted by molar-refractivity contribution is 9.10. The van der Waals surface area contributed by atoms with Gasteiger partial charge >= 0.3 is 0 Å². The number of halogens is 2. The van der Waals surface area contributed by atoms with E-state index in [1.165, 1.54) is 6.08 Å². The third-order valence-corrected chi connectivity index (χ3v) is 2.38. The molecule has 2 nitrogen and oxygen atoms in total. The van der Waals surface area contributed by atoms with E-state index in [-0.39, 0.29) is 5.91 Å². The highest BCUT2D eigenvalue weighted by atomic mass is 79.9. The smallest absolute Gasteiger partial charge is 0.267 e. The minimum atomic E-state index is -0.229. The van der Waals surface area contributed by atoms with Crippen molar-refractivity contribution in [2.24, 2.45) is 4.99 Å². The Balaban J connectivity index is 2.95. The number of amides is 1. The van der Waals surface area contributed by atoms with Crippen LogP contribution in [0, 0.1) is 0 Å². The van der Waals surface area contributed by atoms with Gasteiger partial charge in [-0.15, -0.1) is 0 Å². The van der Waals surface area contributed by atoms with Crippen LogP contribution in [-0.2, 0) is 4.79 Å². The highest BCUT2D eigenvalue weighted by Crippen LogP contribution is 2.10. The van der Waals surface area contributed by atoms with Gasteiger partial charge in [-0.25, -0.2) is 4.99 Å². The molecule has 1 amide bonds. The first-order chi connectivity index (χ1) is 5.66. The lowest BCUT2D eigenvalue weighted by molar-refractivity contribution is -0.112. The molecule has 0 saturated heterocycles. The fourth-order valence-corrected chi connectivity index (χ4v) is 2.01. The number of carbonyl (C=O) groups is 1. The molecular weight excluding hydrogens is 241 g/mol. The average Bonchev–Trinajstić information content (AvgIpc) is 2.29. The zero-order valence-corrected chi connectivity index (χ0v) is 8.19. The van der Waals surface area contributed by atoms with Crippen molar-refractivity contribution in [3.05, 3.63) is 32.2 Å². The van der Waals surface area contributed by atoms with Crippen molar-refractivity contribution in [2.45, 2.75) is 0 Å². The number of rotatable bonds is 0. The highest BCUT2D eigenvalue weighted by Gasteiger charge is 2.06. The molecule has 2 rings (SSSR count). The van der Waals surface area contributed by atoms with Crippen LogP contribution >= 0.6 is 27.5 Å². The third kappa shape index (κ3) is 1.19. The van der Waals surface area contributed by atoms with Gasteiger partial charge in [-0.1, -0.05) is 11.6 Å². The predicted octanol–water partition coefficient (Wildman–Crippen LogP) is 1.04. The summed E-state index contributed by atoms with van der Waals surface area (Å²) in [5, 5.41) is 2.05. The molecule has 0 bridgehead atoms. The molecule has 1 aromatic carbocycles. The summed E-state index contributed by atoms with van der Waals surface area (Å²) in [5.41, 5.74) is 0. The van der Waals surface area contributed by atoms with Crippen LogP contribution in [-0.4, -0.2) is 5.91 Å². The Morgan fingerprint density at radius 2 is 2.17 bits per heavy atom. The summed E-state index contributed by atoms with van der Waals surface area (Å²) < 4.78 is 0.757. The summed E-state index contributed by atoms with van der Waals surface area (Å²) in [6, 6.07) is 3.44. The lowest BCUT2D eigenvalue weighted by atomic mass is 10.3. The number of carbonyl (C=O) groups excluding carboxylic acids is 1. The minimum Gasteiger partial charge on any atom is -0.267 e. The SMILES string of the molecule is O=C1C=c2cc(Cl)cc(Br)c2=N1. The van der Waals surface area contributed by atoms with Gasteiger partial charge in [0.2, 0.25) is 0 Å². The quantitative estimate of drug-likeness (QED) is 0.671. The molecule has 0 aliphatic carbocycles. The van der Waals surface area contributed by atoms with Crippen LogP contribution in [0.4, 0.5) is 0 Å². The molecule has 0 N–H and O–H groups in total. The van der Waals surface area contributed by atoms with E-state index in [1.54, 1.807) is 12.1 Å². The van der Waals surface area contributed by atoms with E-state index in [0.717, 1.165) is 9.69 Å². The average molecular weight is 244 g/mol. The molecule has 12 heavy (non-hydrogen) atoms. The number of benzene rings is 1. The zero-order chi connectivity index (χ0) is 8.72. The predicted molar refractivity (Wildman–Crippen MR) is 49.4 cm³/mol. The van der Waals surface area contributed by atoms with Crippen molar-refractivity contribution in [2.75, 3.05) is 0 Å². The van der Waals surface area contributed by atoms with Crippen molar-refractivity contribution >= 4 is 39.5 Å². The second-order valence-electron chi connectivity index (χ2n) is 2.42. The van der Waals surface area contributed by atoms with Crippen LogP contribution in [0.15, 0.2) is 21.6 Å². The van der Waals surface area contributed by atoms with E-state index in [4.69, 9.17) is 11.6 Å². The van der Waals surface area contributed by atoms with Crippen LogP contribution in [0.3, 0.4) is 0 Å². The lowest BCUT2D eigenvalue weighted by Gasteiger charge is -1.90. The van der Waals surface area contributed by atoms with Crippen LogP contribution in [0.25, 0.3) is 6.08 Å². The van der Waals surface area contributed by atoms with Crippen molar-refractivity contribution < 1.29 is 4.79 Å². The Bertz CT molecular complexity index is 481. The Labute approximate surface area is 81.7 Å². The molecule has 0 fully saturated rings. The summed E-state index contributed by atoms with van der Waals surface area (Å²) in [6.07, 6.45) is 1.46. The number of hydrogen-bond acceptors (Lipinski definition) is 1. The van der Waals surface area contributed by atoms with Crippen molar-refractivity contribution in [1.29, 1.82) is 0 Å². The molecule has 60 valence electrons. The van der Waals surface area contributed by atoms with Gasteiger partial charge in [0.15, 0.2) is 0 Å². The Hall–Kier alpha value is -0.670. The molecule has 0 saturated carbocycles. The molecule has 0 atom stereocenters. The molecule has 0 aromatic heterocycles. The van der Waals surface area contributed by atoms with E-state index in [1.807, 2.05) is 0 Å². The van der Waals surface area contributed by atoms with Crippen LogP contribution in [0.2, 0.25) is 5.02 Å². The van der Waals surface area contributed by atoms with E-state index in [2.05, 4.69) is 20.9 Å². The maximum absolute atomic E-state index is 10.9. The molecular formula is C8H3BrClNO. The van der Waals surface area contributed by atoms with Gasteiger partial charge in [0.25, 0.3) is 5.91 Å². The summed E-state index contributed by atoms with van der Waals surface area (Å²) >= 11 is 9.05. The Kier molecular flexibility index (Phi) is 1.77. The standard InChI is InChI=1S/C8H3BrClNO/c9-6-3-5(10)1-4-2-7(12)11-8(4)6/h1-3H. The van der Waals surface area contributed by atoms with Gasteiger partial charge in [-0.3, -0.25) is 4.79 Å². The van der Waals surface area contributed by atoms with E-state index in [9.17, 15) is 4.79 Å². The van der Waals surface area contributed by atoms with Gasteiger partial charge < -0.3 is 0 Å². The molecule has 0 radical (unpaired) electrons. The van der Waals surface area contributed by atoms with E-state index in [0.29, 0.717) is 10.4 Å². The fraction of sp³-hybridized carbons (Fsp3) is 0. The number of fused-ring (bicyclic) bond motifs is 1. The van der Waals surface area contributed by atoms with Crippen molar-refractivity contribution in [1.82, 2.24) is 0 Å². The Morgan fingerprint density at radius 1 is 1.42 bits per heavy atom. The van der Waals surface area contributed by atoms with Gasteiger partial charge in [0.05, 0.1) is 5.36 Å². The van der Waals surface area contributed by atoms with E-state index >= 15 is 0 Å². The fourth-order valence-electron chi connectivity index (χ4n) is 1.09. The summed E-state index contributed by atoms with van der Waals surface area (Å²) in [4.78, 5) is 14.7. The maximum atomic E-state index is 10.9. The van der Waals surface area contributed by atoms with Crippen molar-refractivity contribution in [3.63, 3.8) is 0 Å². The van der Waals surface area contributed by atoms with Crippen LogP contribution < -0.4 is 10.6 Å². The molecule has 1 aromatic rings. The first-order valence-corrected chi connectivity index (χ1v) is 4.43. The number of hydrogen-bond donors (Lipinski definition) is 0. The first kappa shape index (κ1) is 7.95. The minimum absolute atomic E-state index is 0.229. The number of nitrogens with zero attached hydrogens (tertiary/aromatic N) is 1. The van der Waals surface area contributed by atoms with E-state index < -0.39 is 0 Å². The largest absolute Gasteiger partial charge is 0.270 e. The first-order valence-electron chi connectivity index (χ1n) is 3.26. The molecule has 1 aliphatic heterocycles. The third-order valence-electron chi connectivity index (χ3n) is 1.56. The monoisotopic (exact) mass is 243 g/mol. The summed E-state index contributed by atoms with van der Waals surface area (Å²) in [7, 11) is 0. The van der Waals surface area contributed by atoms with Crippen LogP contribution in [0.1, 0.15) is 0 Å². The summed E-state index contributed by atoms with van der Waals surface area (Å²) in [5.74, 6) is -0.229. The normalized spacial score (nSPS) is 13.7.